The molecule has 0 aliphatic carbocycles. The Bertz CT molecular complexity index is 1180. The van der Waals surface area contributed by atoms with Crippen molar-refractivity contribution in [1.82, 2.24) is 16.0 Å². The van der Waals surface area contributed by atoms with Crippen LogP contribution in [0.15, 0.2) is 83.3 Å². The van der Waals surface area contributed by atoms with Gasteiger partial charge in [-0.2, -0.15) is 0 Å². The van der Waals surface area contributed by atoms with Gasteiger partial charge in [0.2, 0.25) is 5.91 Å². The maximum Gasteiger partial charge on any atom is 0.251 e. The molecule has 0 bridgehead atoms. The van der Waals surface area contributed by atoms with Gasteiger partial charge in [0.05, 0.1) is 6.04 Å². The Labute approximate surface area is 218 Å². The number of nitrogens with one attached hydrogen (secondary N) is 3. The number of benzene rings is 3. The Balaban J connectivity index is 1.59. The van der Waals surface area contributed by atoms with Gasteiger partial charge in [-0.1, -0.05) is 58.4 Å². The molecular weight excluding hydrogens is 525 g/mol. The molecule has 0 fully saturated rings. The van der Waals surface area contributed by atoms with Gasteiger partial charge in [-0.25, -0.2) is 4.39 Å². The quantitative estimate of drug-likeness (QED) is 0.286. The highest BCUT2D eigenvalue weighted by Gasteiger charge is 2.23. The van der Waals surface area contributed by atoms with Crippen molar-refractivity contribution in [3.05, 3.63) is 106 Å². The summed E-state index contributed by atoms with van der Waals surface area (Å²) in [7, 11) is 0. The molecule has 8 heteroatoms. The largest absolute Gasteiger partial charge is 0.352 e. The molecule has 0 saturated carbocycles. The highest BCUT2D eigenvalue weighted by Crippen LogP contribution is 2.24. The molecule has 3 N–H and O–H groups in total. The lowest BCUT2D eigenvalue weighted by Gasteiger charge is -2.22. The van der Waals surface area contributed by atoms with E-state index in [-0.39, 0.29) is 23.5 Å². The fraction of sp³-hybridized carbons (Fsp3) is 0.250. The molecule has 188 valence electrons. The standard InChI is InChI=1S/C28H29BrFN3O3/c1-19(23-16-15-22(30)18-24(23)29)32-28(36)25(33-27(35)21-12-6-3-7-13-21)14-8-9-17-31-26(34)20-10-4-2-5-11-20/h2-7,10-13,15-16,18-19,25H,8-9,14,17H2,1H3,(H,31,34)(H,32,36)(H,33,35)/t19-,25?/m1/s1. The highest BCUT2D eigenvalue weighted by molar-refractivity contribution is 9.10. The molecule has 6 nitrogen and oxygen atoms in total. The van der Waals surface area contributed by atoms with Crippen molar-refractivity contribution < 1.29 is 18.8 Å². The average molecular weight is 554 g/mol. The predicted molar refractivity (Wildman–Crippen MR) is 141 cm³/mol. The van der Waals surface area contributed by atoms with Crippen LogP contribution in [0.5, 0.6) is 0 Å². The number of carbonyl (C=O) groups excluding carboxylic acids is 3. The van der Waals surface area contributed by atoms with Crippen LogP contribution in [0.3, 0.4) is 0 Å². The number of amides is 3. The van der Waals surface area contributed by atoms with Crippen LogP contribution in [0, 0.1) is 5.82 Å². The first-order valence-corrected chi connectivity index (χ1v) is 12.6. The Kier molecular flexibility index (Phi) is 10.2. The molecule has 0 spiro atoms. The van der Waals surface area contributed by atoms with Gasteiger partial charge in [0.15, 0.2) is 0 Å². The molecule has 36 heavy (non-hydrogen) atoms. The third-order valence-electron chi connectivity index (χ3n) is 5.69. The smallest absolute Gasteiger partial charge is 0.251 e. The predicted octanol–water partition coefficient (Wildman–Crippen LogP) is 5.16. The number of unbranched alkanes of at least 4 members (excludes halogenated alkanes) is 1. The zero-order valence-corrected chi connectivity index (χ0v) is 21.6. The van der Waals surface area contributed by atoms with Gasteiger partial charge in [-0.05, 0) is 68.1 Å². The SMILES string of the molecule is C[C@@H](NC(=O)C(CCCCNC(=O)c1ccccc1)NC(=O)c1ccccc1)c1ccc(F)cc1Br. The second kappa shape index (κ2) is 13.5. The zero-order chi connectivity index (χ0) is 25.9. The van der Waals surface area contributed by atoms with Gasteiger partial charge in [0.25, 0.3) is 11.8 Å². The summed E-state index contributed by atoms with van der Waals surface area (Å²) in [5.74, 6) is -1.21. The second-order valence-corrected chi connectivity index (χ2v) is 9.26. The lowest BCUT2D eigenvalue weighted by Crippen LogP contribution is -2.47. The third-order valence-corrected chi connectivity index (χ3v) is 6.37. The van der Waals surface area contributed by atoms with Gasteiger partial charge >= 0.3 is 0 Å². The molecule has 3 rings (SSSR count). The van der Waals surface area contributed by atoms with Crippen molar-refractivity contribution >= 4 is 33.7 Å². The lowest BCUT2D eigenvalue weighted by atomic mass is 10.0. The van der Waals surface area contributed by atoms with Gasteiger partial charge in [-0.15, -0.1) is 0 Å². The van der Waals surface area contributed by atoms with Crippen molar-refractivity contribution in [3.8, 4) is 0 Å². The minimum absolute atomic E-state index is 0.152. The van der Waals surface area contributed by atoms with Crippen LogP contribution >= 0.6 is 15.9 Å². The molecule has 0 saturated heterocycles. The van der Waals surface area contributed by atoms with E-state index in [2.05, 4.69) is 31.9 Å². The Morgan fingerprint density at radius 1 is 0.833 bits per heavy atom. The van der Waals surface area contributed by atoms with E-state index in [1.165, 1.54) is 12.1 Å². The Morgan fingerprint density at radius 3 is 2.06 bits per heavy atom. The first-order valence-electron chi connectivity index (χ1n) is 11.8. The molecule has 3 aromatic carbocycles. The van der Waals surface area contributed by atoms with Crippen molar-refractivity contribution in [2.75, 3.05) is 6.54 Å². The van der Waals surface area contributed by atoms with Gasteiger partial charge in [0.1, 0.15) is 11.9 Å². The summed E-state index contributed by atoms with van der Waals surface area (Å²) >= 11 is 3.34. The maximum atomic E-state index is 13.5. The summed E-state index contributed by atoms with van der Waals surface area (Å²) in [6.07, 6.45) is 1.64. The van der Waals surface area contributed by atoms with E-state index >= 15 is 0 Å². The summed E-state index contributed by atoms with van der Waals surface area (Å²) in [5, 5.41) is 8.62. The van der Waals surface area contributed by atoms with Crippen LogP contribution in [-0.4, -0.2) is 30.3 Å². The van der Waals surface area contributed by atoms with E-state index in [0.717, 1.165) is 5.56 Å². The van der Waals surface area contributed by atoms with E-state index in [9.17, 15) is 18.8 Å². The van der Waals surface area contributed by atoms with Crippen LogP contribution in [-0.2, 0) is 4.79 Å². The number of carbonyl (C=O) groups is 3. The summed E-state index contributed by atoms with van der Waals surface area (Å²) < 4.78 is 14.0. The number of rotatable bonds is 11. The van der Waals surface area contributed by atoms with Crippen LogP contribution in [0.25, 0.3) is 0 Å². The molecule has 2 atom stereocenters. The van der Waals surface area contributed by atoms with Crippen LogP contribution in [0.1, 0.15) is 58.5 Å². The molecule has 0 aliphatic heterocycles. The van der Waals surface area contributed by atoms with Crippen molar-refractivity contribution in [3.63, 3.8) is 0 Å². The first-order chi connectivity index (χ1) is 17.3. The minimum Gasteiger partial charge on any atom is -0.352 e. The Morgan fingerprint density at radius 2 is 1.44 bits per heavy atom. The van der Waals surface area contributed by atoms with E-state index in [1.807, 2.05) is 12.1 Å². The molecular formula is C28H29BrFN3O3. The maximum absolute atomic E-state index is 13.5. The molecule has 0 aromatic heterocycles. The topological polar surface area (TPSA) is 87.3 Å². The highest BCUT2D eigenvalue weighted by atomic mass is 79.9. The molecule has 3 aromatic rings. The van der Waals surface area contributed by atoms with Crippen LogP contribution in [0.4, 0.5) is 4.39 Å². The fourth-order valence-electron chi connectivity index (χ4n) is 3.71. The molecule has 0 heterocycles. The first kappa shape index (κ1) is 27.1. The summed E-state index contributed by atoms with van der Waals surface area (Å²) in [6.45, 7) is 2.25. The monoisotopic (exact) mass is 553 g/mol. The summed E-state index contributed by atoms with van der Waals surface area (Å²) in [5.41, 5.74) is 1.77. The summed E-state index contributed by atoms with van der Waals surface area (Å²) in [6, 6.07) is 20.7. The van der Waals surface area contributed by atoms with Crippen LogP contribution in [0.2, 0.25) is 0 Å². The zero-order valence-electron chi connectivity index (χ0n) is 20.0. The number of hydrogen-bond acceptors (Lipinski definition) is 3. The van der Waals surface area contributed by atoms with Gasteiger partial charge in [0, 0.05) is 22.1 Å². The van der Waals surface area contributed by atoms with E-state index in [4.69, 9.17) is 0 Å². The molecule has 0 aliphatic rings. The van der Waals surface area contributed by atoms with E-state index in [1.54, 1.807) is 61.5 Å². The molecule has 3 amide bonds. The average Bonchev–Trinajstić information content (AvgIpc) is 2.88. The van der Waals surface area contributed by atoms with E-state index < -0.39 is 12.1 Å². The van der Waals surface area contributed by atoms with Gasteiger partial charge < -0.3 is 16.0 Å². The lowest BCUT2D eigenvalue weighted by molar-refractivity contribution is -0.123. The van der Waals surface area contributed by atoms with Crippen LogP contribution < -0.4 is 16.0 Å². The Hall–Kier alpha value is -3.52. The number of halogens is 2. The van der Waals surface area contributed by atoms with Gasteiger partial charge in [-0.3, -0.25) is 14.4 Å². The third kappa shape index (κ3) is 8.02. The normalized spacial score (nSPS) is 12.3. The molecule has 1 unspecified atom stereocenters. The van der Waals surface area contributed by atoms with Crippen molar-refractivity contribution in [1.29, 1.82) is 0 Å². The van der Waals surface area contributed by atoms with Crippen molar-refractivity contribution in [2.45, 2.75) is 38.3 Å². The number of hydrogen-bond donors (Lipinski definition) is 3. The summed E-state index contributed by atoms with van der Waals surface area (Å²) in [4.78, 5) is 38.1. The molecule has 0 radical (unpaired) electrons. The fourth-order valence-corrected chi connectivity index (χ4v) is 4.41. The van der Waals surface area contributed by atoms with E-state index in [0.29, 0.717) is 41.4 Å². The second-order valence-electron chi connectivity index (χ2n) is 8.41. The van der Waals surface area contributed by atoms with Crippen molar-refractivity contribution in [2.24, 2.45) is 0 Å². The minimum atomic E-state index is -0.774.